The van der Waals surface area contributed by atoms with Gasteiger partial charge in [0.1, 0.15) is 0 Å². The van der Waals surface area contributed by atoms with Crippen molar-refractivity contribution in [3.63, 3.8) is 0 Å². The molecular formula is C18H22BrNO. The Labute approximate surface area is 134 Å². The van der Waals surface area contributed by atoms with Gasteiger partial charge in [0.05, 0.1) is 0 Å². The van der Waals surface area contributed by atoms with E-state index in [9.17, 15) is 4.79 Å². The molecule has 0 aliphatic heterocycles. The van der Waals surface area contributed by atoms with Gasteiger partial charge >= 0.3 is 0 Å². The van der Waals surface area contributed by atoms with E-state index in [2.05, 4.69) is 33.4 Å². The average Bonchev–Trinajstić information content (AvgIpc) is 2.47. The molecule has 3 heteroatoms. The zero-order valence-corrected chi connectivity index (χ0v) is 13.8. The predicted molar refractivity (Wildman–Crippen MR) is 88.2 cm³/mol. The normalized spacial score (nSPS) is 36.7. The van der Waals surface area contributed by atoms with Crippen molar-refractivity contribution >= 4 is 27.5 Å². The van der Waals surface area contributed by atoms with Crippen LogP contribution < -0.4 is 5.32 Å². The average molecular weight is 348 g/mol. The Morgan fingerprint density at radius 2 is 1.57 bits per heavy atom. The molecule has 0 unspecified atom stereocenters. The van der Waals surface area contributed by atoms with Gasteiger partial charge in [-0.15, -0.1) is 0 Å². The molecule has 0 aromatic heterocycles. The monoisotopic (exact) mass is 347 g/mol. The van der Waals surface area contributed by atoms with Crippen molar-refractivity contribution in [1.29, 1.82) is 0 Å². The van der Waals surface area contributed by atoms with Crippen LogP contribution in [0.2, 0.25) is 0 Å². The molecule has 1 aromatic rings. The van der Waals surface area contributed by atoms with Crippen molar-refractivity contribution in [3.05, 3.63) is 29.8 Å². The summed E-state index contributed by atoms with van der Waals surface area (Å²) in [6.45, 7) is 0. The number of anilines is 1. The summed E-state index contributed by atoms with van der Waals surface area (Å²) in [6, 6.07) is 8.18. The van der Waals surface area contributed by atoms with Crippen LogP contribution in [0.5, 0.6) is 0 Å². The lowest BCUT2D eigenvalue weighted by Crippen LogP contribution is -2.49. The molecule has 2 nitrogen and oxygen atoms in total. The number of alkyl halides is 1. The third-order valence-electron chi connectivity index (χ3n) is 5.91. The standard InChI is InChI=1S/C18H22BrNO/c19-10-11-1-3-16(4-2-11)20-18(21)17-14-6-12-5-13(8-14)9-15(17)7-12/h1-4,12-15,17H,5-10H2,(H,20,21). The lowest BCUT2D eigenvalue weighted by atomic mass is 9.51. The van der Waals surface area contributed by atoms with Gasteiger partial charge in [-0.25, -0.2) is 0 Å². The first-order valence-corrected chi connectivity index (χ1v) is 9.31. The summed E-state index contributed by atoms with van der Waals surface area (Å²) < 4.78 is 0. The van der Waals surface area contributed by atoms with E-state index in [1.165, 1.54) is 37.7 Å². The topological polar surface area (TPSA) is 29.1 Å². The largest absolute Gasteiger partial charge is 0.326 e. The number of carbonyl (C=O) groups is 1. The highest BCUT2D eigenvalue weighted by Crippen LogP contribution is 2.56. The van der Waals surface area contributed by atoms with Gasteiger partial charge in [-0.2, -0.15) is 0 Å². The molecule has 1 N–H and O–H groups in total. The summed E-state index contributed by atoms with van der Waals surface area (Å²) in [5, 5.41) is 4.02. The summed E-state index contributed by atoms with van der Waals surface area (Å²) in [4.78, 5) is 12.7. The summed E-state index contributed by atoms with van der Waals surface area (Å²) in [5.74, 6) is 3.71. The molecule has 4 bridgehead atoms. The Kier molecular flexibility index (Phi) is 3.56. The SMILES string of the molecule is O=C(Nc1ccc(CBr)cc1)C1C2CC3CC(C2)CC1C3. The minimum Gasteiger partial charge on any atom is -0.326 e. The molecule has 4 saturated carbocycles. The van der Waals surface area contributed by atoms with E-state index in [0.29, 0.717) is 11.8 Å². The van der Waals surface area contributed by atoms with E-state index in [1.54, 1.807) is 0 Å². The Morgan fingerprint density at radius 1 is 1.00 bits per heavy atom. The van der Waals surface area contributed by atoms with Gasteiger partial charge in [-0.1, -0.05) is 28.1 Å². The van der Waals surface area contributed by atoms with Crippen LogP contribution in [-0.2, 0) is 10.1 Å². The van der Waals surface area contributed by atoms with Crippen molar-refractivity contribution in [2.75, 3.05) is 5.32 Å². The summed E-state index contributed by atoms with van der Waals surface area (Å²) in [7, 11) is 0. The zero-order valence-electron chi connectivity index (χ0n) is 12.2. The molecule has 4 aliphatic rings. The number of amides is 1. The highest BCUT2D eigenvalue weighted by Gasteiger charge is 2.50. The molecule has 4 fully saturated rings. The molecular weight excluding hydrogens is 326 g/mol. The Balaban J connectivity index is 1.47. The molecule has 21 heavy (non-hydrogen) atoms. The van der Waals surface area contributed by atoms with Crippen molar-refractivity contribution in [2.45, 2.75) is 37.4 Å². The number of hydrogen-bond acceptors (Lipinski definition) is 1. The maximum Gasteiger partial charge on any atom is 0.228 e. The number of nitrogens with one attached hydrogen (secondary N) is 1. The van der Waals surface area contributed by atoms with E-state index in [4.69, 9.17) is 0 Å². The summed E-state index contributed by atoms with van der Waals surface area (Å²) >= 11 is 3.45. The number of halogens is 1. The summed E-state index contributed by atoms with van der Waals surface area (Å²) in [5.41, 5.74) is 2.18. The fourth-order valence-corrected chi connectivity index (χ4v) is 5.63. The Morgan fingerprint density at radius 3 is 2.10 bits per heavy atom. The third kappa shape index (κ3) is 2.54. The number of benzene rings is 1. The van der Waals surface area contributed by atoms with Crippen molar-refractivity contribution < 1.29 is 4.79 Å². The quantitative estimate of drug-likeness (QED) is 0.795. The van der Waals surface area contributed by atoms with Gasteiger partial charge in [-0.3, -0.25) is 4.79 Å². The van der Waals surface area contributed by atoms with Crippen LogP contribution in [-0.4, -0.2) is 5.91 Å². The molecule has 0 heterocycles. The lowest BCUT2D eigenvalue weighted by Gasteiger charge is -2.53. The number of carbonyl (C=O) groups excluding carboxylic acids is 1. The van der Waals surface area contributed by atoms with Gasteiger partial charge in [-0.05, 0) is 73.5 Å². The van der Waals surface area contributed by atoms with Crippen LogP contribution in [0.15, 0.2) is 24.3 Å². The molecule has 0 saturated heterocycles. The van der Waals surface area contributed by atoms with Gasteiger partial charge in [0.15, 0.2) is 0 Å². The van der Waals surface area contributed by atoms with Crippen LogP contribution >= 0.6 is 15.9 Å². The zero-order chi connectivity index (χ0) is 14.4. The van der Waals surface area contributed by atoms with Gasteiger partial charge < -0.3 is 5.32 Å². The first-order valence-electron chi connectivity index (χ1n) is 8.18. The van der Waals surface area contributed by atoms with Crippen LogP contribution in [0.25, 0.3) is 0 Å². The molecule has 0 atom stereocenters. The number of rotatable bonds is 3. The maximum atomic E-state index is 12.7. The van der Waals surface area contributed by atoms with Gasteiger partial charge in [0.2, 0.25) is 5.91 Å². The van der Waals surface area contributed by atoms with Crippen molar-refractivity contribution in [1.82, 2.24) is 0 Å². The highest BCUT2D eigenvalue weighted by atomic mass is 79.9. The number of hydrogen-bond donors (Lipinski definition) is 1. The Hall–Kier alpha value is -0.830. The van der Waals surface area contributed by atoms with Crippen LogP contribution in [0.4, 0.5) is 5.69 Å². The van der Waals surface area contributed by atoms with E-state index >= 15 is 0 Å². The first kappa shape index (κ1) is 13.8. The fourth-order valence-electron chi connectivity index (χ4n) is 5.26. The van der Waals surface area contributed by atoms with E-state index < -0.39 is 0 Å². The molecule has 0 radical (unpaired) electrons. The highest BCUT2D eigenvalue weighted by molar-refractivity contribution is 9.08. The minimum absolute atomic E-state index is 0.272. The molecule has 5 rings (SSSR count). The van der Waals surface area contributed by atoms with Gasteiger partial charge in [0.25, 0.3) is 0 Å². The second kappa shape index (κ2) is 5.42. The van der Waals surface area contributed by atoms with Crippen molar-refractivity contribution in [2.24, 2.45) is 29.6 Å². The predicted octanol–water partition coefficient (Wildman–Crippen LogP) is 4.59. The lowest BCUT2D eigenvalue weighted by molar-refractivity contribution is -0.132. The first-order chi connectivity index (χ1) is 10.2. The second-order valence-electron chi connectivity index (χ2n) is 7.28. The van der Waals surface area contributed by atoms with Crippen LogP contribution in [0.1, 0.15) is 37.7 Å². The Bertz CT molecular complexity index is 511. The molecule has 4 aliphatic carbocycles. The molecule has 112 valence electrons. The smallest absolute Gasteiger partial charge is 0.228 e. The van der Waals surface area contributed by atoms with E-state index in [-0.39, 0.29) is 11.8 Å². The van der Waals surface area contributed by atoms with Gasteiger partial charge in [0, 0.05) is 16.9 Å². The molecule has 1 aromatic carbocycles. The van der Waals surface area contributed by atoms with Crippen LogP contribution in [0.3, 0.4) is 0 Å². The maximum absolute atomic E-state index is 12.7. The minimum atomic E-state index is 0.272. The molecule has 1 amide bonds. The third-order valence-corrected chi connectivity index (χ3v) is 6.55. The second-order valence-corrected chi connectivity index (χ2v) is 7.84. The summed E-state index contributed by atoms with van der Waals surface area (Å²) in [6.07, 6.45) is 6.64. The van der Waals surface area contributed by atoms with E-state index in [1.807, 2.05) is 12.1 Å². The molecule has 0 spiro atoms. The van der Waals surface area contributed by atoms with Crippen molar-refractivity contribution in [3.8, 4) is 0 Å². The van der Waals surface area contributed by atoms with Crippen LogP contribution in [0, 0.1) is 29.6 Å². The fraction of sp³-hybridized carbons (Fsp3) is 0.611. The van der Waals surface area contributed by atoms with E-state index in [0.717, 1.165) is 22.9 Å².